The second-order valence-corrected chi connectivity index (χ2v) is 17.6. The van der Waals surface area contributed by atoms with Gasteiger partial charge in [0.05, 0.1) is 11.8 Å². The van der Waals surface area contributed by atoms with Gasteiger partial charge in [0.25, 0.3) is 0 Å². The van der Waals surface area contributed by atoms with Crippen LogP contribution in [0.15, 0.2) is 12.1 Å². The smallest absolute Gasteiger partial charge is 0.309 e. The van der Waals surface area contributed by atoms with E-state index in [1.54, 1.807) is 7.05 Å². The molecule has 2 saturated heterocycles. The Balaban J connectivity index is 1.49. The molecule has 2 heterocycles. The highest BCUT2D eigenvalue weighted by Gasteiger charge is 2.41. The van der Waals surface area contributed by atoms with E-state index in [9.17, 15) is 19.2 Å². The standard InChI is InChI=1S/C43H73N9O6/c1-8-42(3,57-40(55)32-14-10-30(11-15-32)38(53)45-5)36-26-35(29-47-52-24-20-50(7)21-25-52)37(27-34(36)28-46-51-22-18-49(6)19-23-51)43(4,9-2)58-41(56)33-16-12-31(13-17-33)39(54)48-44/h26-27,30-33,46-47H,8-25,28-29,44H2,1-7H3,(H,45,53)(H,48,54). The monoisotopic (exact) mass is 812 g/mol. The zero-order valence-corrected chi connectivity index (χ0v) is 36.4. The number of nitrogens with two attached hydrogens (primary N) is 1. The molecule has 2 atom stereocenters. The van der Waals surface area contributed by atoms with Crippen molar-refractivity contribution in [2.45, 2.75) is 116 Å². The molecule has 2 saturated carbocycles. The number of nitrogens with one attached hydrogen (secondary N) is 4. The topological polar surface area (TPSA) is 174 Å². The summed E-state index contributed by atoms with van der Waals surface area (Å²) in [6.07, 6.45) is 6.00. The van der Waals surface area contributed by atoms with Crippen LogP contribution >= 0.6 is 0 Å². The lowest BCUT2D eigenvalue weighted by Gasteiger charge is -2.39. The third-order valence-corrected chi connectivity index (χ3v) is 13.7. The van der Waals surface area contributed by atoms with Gasteiger partial charge in [0.1, 0.15) is 11.2 Å². The number of hydrogen-bond acceptors (Lipinski definition) is 13. The number of hydrogen-bond donors (Lipinski definition) is 5. The van der Waals surface area contributed by atoms with E-state index in [2.05, 4.69) is 81.5 Å². The summed E-state index contributed by atoms with van der Waals surface area (Å²) in [5, 5.41) is 7.27. The molecule has 2 unspecified atom stereocenters. The van der Waals surface area contributed by atoms with Gasteiger partial charge in [-0.3, -0.25) is 35.5 Å². The summed E-state index contributed by atoms with van der Waals surface area (Å²) in [6.45, 7) is 16.5. The highest BCUT2D eigenvalue weighted by Crippen LogP contribution is 2.42. The number of nitrogens with zero attached hydrogens (tertiary/aromatic N) is 4. The molecule has 15 heteroatoms. The molecule has 4 fully saturated rings. The van der Waals surface area contributed by atoms with Gasteiger partial charge in [-0.25, -0.2) is 15.9 Å². The fourth-order valence-electron chi connectivity index (χ4n) is 9.04. The summed E-state index contributed by atoms with van der Waals surface area (Å²) in [4.78, 5) is 57.3. The predicted octanol–water partition coefficient (Wildman–Crippen LogP) is 2.88. The van der Waals surface area contributed by atoms with Crippen molar-refractivity contribution in [1.29, 1.82) is 0 Å². The molecule has 58 heavy (non-hydrogen) atoms. The molecule has 326 valence electrons. The first-order valence-corrected chi connectivity index (χ1v) is 21.9. The van der Waals surface area contributed by atoms with Crippen LogP contribution in [0.1, 0.15) is 114 Å². The maximum Gasteiger partial charge on any atom is 0.309 e. The van der Waals surface area contributed by atoms with Crippen LogP contribution < -0.4 is 27.4 Å². The lowest BCUT2D eigenvalue weighted by atomic mass is 9.79. The zero-order chi connectivity index (χ0) is 42.0. The summed E-state index contributed by atoms with van der Waals surface area (Å²) >= 11 is 0. The van der Waals surface area contributed by atoms with Gasteiger partial charge in [-0.1, -0.05) is 13.8 Å². The number of likely N-dealkylation sites (N-methyl/N-ethyl adjacent to an activating group) is 2. The second kappa shape index (κ2) is 20.9. The Hall–Kier alpha value is -3.18. The minimum atomic E-state index is -0.953. The average Bonchev–Trinajstić information content (AvgIpc) is 3.25. The van der Waals surface area contributed by atoms with Crippen LogP contribution in [0.2, 0.25) is 0 Å². The first kappa shape index (κ1) is 45.9. The van der Waals surface area contributed by atoms with E-state index < -0.39 is 11.2 Å². The molecule has 0 bridgehead atoms. The lowest BCUT2D eigenvalue weighted by Crippen LogP contribution is -2.51. The molecule has 1 aromatic carbocycles. The summed E-state index contributed by atoms with van der Waals surface area (Å²) < 4.78 is 13.2. The van der Waals surface area contributed by atoms with Gasteiger partial charge in [-0.2, -0.15) is 0 Å². The van der Waals surface area contributed by atoms with E-state index in [4.69, 9.17) is 15.3 Å². The van der Waals surface area contributed by atoms with Crippen LogP contribution in [-0.4, -0.2) is 117 Å². The third kappa shape index (κ3) is 11.5. The Morgan fingerprint density at radius 2 is 0.966 bits per heavy atom. The maximum atomic E-state index is 14.0. The Kier molecular flexibility index (Phi) is 16.5. The first-order chi connectivity index (χ1) is 27.7. The maximum absolute atomic E-state index is 14.0. The van der Waals surface area contributed by atoms with Gasteiger partial charge in [0.2, 0.25) is 11.8 Å². The van der Waals surface area contributed by atoms with Crippen LogP contribution in [-0.2, 0) is 52.9 Å². The fourth-order valence-corrected chi connectivity index (χ4v) is 9.04. The number of rotatable bonds is 16. The number of benzene rings is 1. The summed E-state index contributed by atoms with van der Waals surface area (Å²) in [6, 6.07) is 4.38. The molecule has 15 nitrogen and oxygen atoms in total. The molecule has 2 amide bonds. The minimum absolute atomic E-state index is 0.0363. The number of hydrazine groups is 3. The van der Waals surface area contributed by atoms with Gasteiger partial charge < -0.3 is 24.6 Å². The quantitative estimate of drug-likeness (QED) is 0.0715. The normalized spacial score (nSPS) is 26.2. The molecule has 0 spiro atoms. The van der Waals surface area contributed by atoms with Crippen LogP contribution in [0, 0.1) is 23.7 Å². The predicted molar refractivity (Wildman–Crippen MR) is 223 cm³/mol. The van der Waals surface area contributed by atoms with Gasteiger partial charge >= 0.3 is 11.9 Å². The lowest BCUT2D eigenvalue weighted by molar-refractivity contribution is -0.168. The number of ether oxygens (including phenoxy) is 2. The van der Waals surface area contributed by atoms with Crippen molar-refractivity contribution in [3.8, 4) is 0 Å². The SMILES string of the molecule is CCC(C)(OC(=O)C1CCC(C(=O)NC)CC1)c1cc(CNN2CCN(C)CC2)c(C(C)(CC)OC(=O)C2CCC(C(=O)NN)CC2)cc1CNN1CCN(C)CC1. The molecular formula is C43H73N9O6. The van der Waals surface area contributed by atoms with Crippen LogP contribution in [0.5, 0.6) is 0 Å². The fraction of sp³-hybridized carbons (Fsp3) is 0.767. The Labute approximate surface area is 346 Å². The Morgan fingerprint density at radius 3 is 1.29 bits per heavy atom. The van der Waals surface area contributed by atoms with Crippen molar-refractivity contribution >= 4 is 23.8 Å². The molecule has 4 aliphatic rings. The van der Waals surface area contributed by atoms with Crippen molar-refractivity contribution in [2.24, 2.45) is 29.5 Å². The Morgan fingerprint density at radius 1 is 0.621 bits per heavy atom. The largest absolute Gasteiger partial charge is 0.454 e. The van der Waals surface area contributed by atoms with Gasteiger partial charge in [0.15, 0.2) is 0 Å². The van der Waals surface area contributed by atoms with Gasteiger partial charge in [-0.05, 0) is 115 Å². The van der Waals surface area contributed by atoms with E-state index in [-0.39, 0.29) is 47.4 Å². The molecule has 6 N–H and O–H groups in total. The third-order valence-electron chi connectivity index (χ3n) is 13.7. The van der Waals surface area contributed by atoms with Crippen molar-refractivity contribution in [2.75, 3.05) is 73.5 Å². The van der Waals surface area contributed by atoms with Gasteiger partial charge in [0, 0.05) is 95.5 Å². The zero-order valence-electron chi connectivity index (χ0n) is 36.4. The number of amides is 2. The number of piperazine rings is 2. The van der Waals surface area contributed by atoms with Crippen LogP contribution in [0.25, 0.3) is 0 Å². The van der Waals surface area contributed by atoms with Crippen LogP contribution in [0.3, 0.4) is 0 Å². The van der Waals surface area contributed by atoms with E-state index in [0.717, 1.165) is 74.6 Å². The highest BCUT2D eigenvalue weighted by atomic mass is 16.6. The van der Waals surface area contributed by atoms with E-state index in [0.29, 0.717) is 77.3 Å². The molecule has 0 aromatic heterocycles. The summed E-state index contributed by atoms with van der Waals surface area (Å²) in [5.41, 5.74) is 11.6. The number of esters is 2. The van der Waals surface area contributed by atoms with Crippen molar-refractivity contribution < 1.29 is 28.7 Å². The second-order valence-electron chi connectivity index (χ2n) is 17.6. The van der Waals surface area contributed by atoms with Crippen molar-refractivity contribution in [3.63, 3.8) is 0 Å². The number of carbonyl (C=O) groups excluding carboxylic acids is 4. The molecule has 2 aliphatic heterocycles. The Bertz CT molecular complexity index is 1430. The molecular weight excluding hydrogens is 739 g/mol. The minimum Gasteiger partial charge on any atom is -0.454 e. The summed E-state index contributed by atoms with van der Waals surface area (Å²) in [5.74, 6) is 3.98. The highest BCUT2D eigenvalue weighted by molar-refractivity contribution is 5.80. The van der Waals surface area contributed by atoms with Gasteiger partial charge in [-0.15, -0.1) is 0 Å². The van der Waals surface area contributed by atoms with Crippen molar-refractivity contribution in [1.82, 2.24) is 41.4 Å². The average molecular weight is 812 g/mol. The molecule has 5 rings (SSSR count). The summed E-state index contributed by atoms with van der Waals surface area (Å²) in [7, 11) is 5.94. The number of carbonyl (C=O) groups is 4. The molecule has 1 aromatic rings. The van der Waals surface area contributed by atoms with E-state index in [1.165, 1.54) is 0 Å². The van der Waals surface area contributed by atoms with E-state index in [1.807, 2.05) is 13.8 Å². The van der Waals surface area contributed by atoms with Crippen LogP contribution in [0.4, 0.5) is 0 Å². The first-order valence-electron chi connectivity index (χ1n) is 21.9. The van der Waals surface area contributed by atoms with E-state index >= 15 is 0 Å². The molecule has 0 radical (unpaired) electrons. The van der Waals surface area contributed by atoms with Crippen molar-refractivity contribution in [3.05, 3.63) is 34.4 Å². The molecule has 2 aliphatic carbocycles.